The van der Waals surface area contributed by atoms with Gasteiger partial charge < -0.3 is 4.74 Å². The van der Waals surface area contributed by atoms with Crippen molar-refractivity contribution in [2.24, 2.45) is 0 Å². The van der Waals surface area contributed by atoms with Crippen LogP contribution in [0.3, 0.4) is 0 Å². The molecule has 0 aliphatic heterocycles. The standard InChI is InChI=1S/C16H16F2O/c1-3-11-9-14(17)16(15(18)10-11)12-5-7-13(8-6-12)19-4-2/h5-10H,3-4H2,1-2H3. The van der Waals surface area contributed by atoms with Crippen LogP contribution < -0.4 is 4.74 Å². The Morgan fingerprint density at radius 1 is 0.947 bits per heavy atom. The molecular weight excluding hydrogens is 246 g/mol. The first-order chi connectivity index (χ1) is 9.15. The molecule has 1 nitrogen and oxygen atoms in total. The molecule has 0 aliphatic carbocycles. The fourth-order valence-electron chi connectivity index (χ4n) is 1.99. The van der Waals surface area contributed by atoms with E-state index in [1.807, 2.05) is 13.8 Å². The van der Waals surface area contributed by atoms with Crippen LogP contribution in [0.1, 0.15) is 19.4 Å². The van der Waals surface area contributed by atoms with Crippen molar-refractivity contribution in [3.8, 4) is 16.9 Å². The van der Waals surface area contributed by atoms with Crippen LogP contribution >= 0.6 is 0 Å². The van der Waals surface area contributed by atoms with E-state index >= 15 is 0 Å². The third kappa shape index (κ3) is 2.92. The molecule has 0 N–H and O–H groups in total. The van der Waals surface area contributed by atoms with Crippen LogP contribution in [-0.4, -0.2) is 6.61 Å². The summed E-state index contributed by atoms with van der Waals surface area (Å²) in [5.41, 5.74) is 1.19. The molecule has 0 heterocycles. The summed E-state index contributed by atoms with van der Waals surface area (Å²) in [5.74, 6) is -0.362. The minimum atomic E-state index is -0.527. The van der Waals surface area contributed by atoms with Crippen LogP contribution in [0.2, 0.25) is 0 Å². The van der Waals surface area contributed by atoms with Crippen molar-refractivity contribution in [3.63, 3.8) is 0 Å². The molecule has 100 valence electrons. The molecule has 0 saturated carbocycles. The highest BCUT2D eigenvalue weighted by Crippen LogP contribution is 2.28. The molecule has 0 unspecified atom stereocenters. The molecular formula is C16H16F2O. The second kappa shape index (κ2) is 5.83. The lowest BCUT2D eigenvalue weighted by molar-refractivity contribution is 0.340. The molecule has 2 aromatic carbocycles. The van der Waals surface area contributed by atoms with Crippen LogP contribution in [0.5, 0.6) is 5.75 Å². The summed E-state index contributed by atoms with van der Waals surface area (Å²) in [6.45, 7) is 4.31. The summed E-state index contributed by atoms with van der Waals surface area (Å²) >= 11 is 0. The fraction of sp³-hybridized carbons (Fsp3) is 0.250. The van der Waals surface area contributed by atoms with Gasteiger partial charge in [0.15, 0.2) is 0 Å². The minimum absolute atomic E-state index is 0.0141. The fourth-order valence-corrected chi connectivity index (χ4v) is 1.99. The molecule has 3 heteroatoms. The molecule has 0 radical (unpaired) electrons. The molecule has 2 rings (SSSR count). The van der Waals surface area contributed by atoms with Crippen molar-refractivity contribution < 1.29 is 13.5 Å². The maximum Gasteiger partial charge on any atom is 0.134 e. The lowest BCUT2D eigenvalue weighted by atomic mass is 10.0. The SMILES string of the molecule is CCOc1ccc(-c2c(F)cc(CC)cc2F)cc1. The average molecular weight is 262 g/mol. The van der Waals surface area contributed by atoms with Crippen LogP contribution in [-0.2, 0) is 6.42 Å². The topological polar surface area (TPSA) is 9.23 Å². The first kappa shape index (κ1) is 13.5. The molecule has 19 heavy (non-hydrogen) atoms. The van der Waals surface area contributed by atoms with Crippen LogP contribution in [0.15, 0.2) is 36.4 Å². The Hall–Kier alpha value is -1.90. The van der Waals surface area contributed by atoms with E-state index in [0.717, 1.165) is 0 Å². The number of hydrogen-bond donors (Lipinski definition) is 0. The molecule has 0 bridgehead atoms. The number of hydrogen-bond acceptors (Lipinski definition) is 1. The van der Waals surface area contributed by atoms with Gasteiger partial charge in [-0.2, -0.15) is 0 Å². The van der Waals surface area contributed by atoms with Gasteiger partial charge >= 0.3 is 0 Å². The van der Waals surface area contributed by atoms with Crippen LogP contribution in [0.4, 0.5) is 8.78 Å². The van der Waals surface area contributed by atoms with E-state index in [1.165, 1.54) is 12.1 Å². The Labute approximate surface area is 111 Å². The van der Waals surface area contributed by atoms with Gasteiger partial charge in [-0.15, -0.1) is 0 Å². The van der Waals surface area contributed by atoms with E-state index in [0.29, 0.717) is 29.9 Å². The molecule has 0 atom stereocenters. The quantitative estimate of drug-likeness (QED) is 0.782. The predicted molar refractivity (Wildman–Crippen MR) is 72.3 cm³/mol. The summed E-state index contributed by atoms with van der Waals surface area (Å²) in [6, 6.07) is 9.52. The smallest absolute Gasteiger partial charge is 0.134 e. The summed E-state index contributed by atoms with van der Waals surface area (Å²) in [5, 5.41) is 0. The van der Waals surface area contributed by atoms with Gasteiger partial charge in [0.05, 0.1) is 12.2 Å². The van der Waals surface area contributed by atoms with Gasteiger partial charge in [-0.05, 0) is 48.7 Å². The zero-order valence-corrected chi connectivity index (χ0v) is 11.0. The van der Waals surface area contributed by atoms with Gasteiger partial charge in [-0.25, -0.2) is 8.78 Å². The van der Waals surface area contributed by atoms with Crippen LogP contribution in [0.25, 0.3) is 11.1 Å². The van der Waals surface area contributed by atoms with E-state index < -0.39 is 11.6 Å². The summed E-state index contributed by atoms with van der Waals surface area (Å²) in [6.07, 6.45) is 0.609. The second-order valence-electron chi connectivity index (χ2n) is 4.25. The normalized spacial score (nSPS) is 10.5. The van der Waals surface area contributed by atoms with Crippen molar-refractivity contribution in [2.75, 3.05) is 6.61 Å². The summed E-state index contributed by atoms with van der Waals surface area (Å²) < 4.78 is 33.2. The number of ether oxygens (including phenoxy) is 1. The third-order valence-electron chi connectivity index (χ3n) is 2.96. The largest absolute Gasteiger partial charge is 0.494 e. The first-order valence-electron chi connectivity index (χ1n) is 6.36. The number of halogens is 2. The Morgan fingerprint density at radius 2 is 1.53 bits per heavy atom. The van der Waals surface area contributed by atoms with E-state index in [1.54, 1.807) is 24.3 Å². The van der Waals surface area contributed by atoms with Gasteiger partial charge in [0, 0.05) is 0 Å². The van der Waals surface area contributed by atoms with Gasteiger partial charge in [0.25, 0.3) is 0 Å². The summed E-state index contributed by atoms with van der Waals surface area (Å²) in [4.78, 5) is 0. The second-order valence-corrected chi connectivity index (χ2v) is 4.25. The first-order valence-corrected chi connectivity index (χ1v) is 6.36. The van der Waals surface area contributed by atoms with E-state index in [4.69, 9.17) is 4.74 Å². The monoisotopic (exact) mass is 262 g/mol. The van der Waals surface area contributed by atoms with Crippen molar-refractivity contribution >= 4 is 0 Å². The van der Waals surface area contributed by atoms with Gasteiger partial charge in [0.2, 0.25) is 0 Å². The average Bonchev–Trinajstić information content (AvgIpc) is 2.40. The number of rotatable bonds is 4. The Bertz CT molecular complexity index is 538. The molecule has 2 aromatic rings. The maximum absolute atomic E-state index is 14.0. The van der Waals surface area contributed by atoms with Crippen molar-refractivity contribution in [2.45, 2.75) is 20.3 Å². The molecule has 0 aromatic heterocycles. The van der Waals surface area contributed by atoms with Gasteiger partial charge in [-0.3, -0.25) is 0 Å². The highest BCUT2D eigenvalue weighted by Gasteiger charge is 2.12. The number of aryl methyl sites for hydroxylation is 1. The molecule has 0 spiro atoms. The maximum atomic E-state index is 14.0. The Balaban J connectivity index is 2.41. The van der Waals surface area contributed by atoms with E-state index in [-0.39, 0.29) is 5.56 Å². The lowest BCUT2D eigenvalue weighted by Gasteiger charge is -2.09. The highest BCUT2D eigenvalue weighted by molar-refractivity contribution is 5.66. The summed E-state index contributed by atoms with van der Waals surface area (Å²) in [7, 11) is 0. The minimum Gasteiger partial charge on any atom is -0.494 e. The third-order valence-corrected chi connectivity index (χ3v) is 2.96. The lowest BCUT2D eigenvalue weighted by Crippen LogP contribution is -1.95. The number of benzene rings is 2. The van der Waals surface area contributed by atoms with Crippen molar-refractivity contribution in [1.82, 2.24) is 0 Å². The highest BCUT2D eigenvalue weighted by atomic mass is 19.1. The molecule has 0 amide bonds. The predicted octanol–water partition coefficient (Wildman–Crippen LogP) is 4.59. The van der Waals surface area contributed by atoms with E-state index in [9.17, 15) is 8.78 Å². The van der Waals surface area contributed by atoms with E-state index in [2.05, 4.69) is 0 Å². The van der Waals surface area contributed by atoms with Crippen LogP contribution in [0, 0.1) is 11.6 Å². The zero-order chi connectivity index (χ0) is 13.8. The Morgan fingerprint density at radius 3 is 2.00 bits per heavy atom. The van der Waals surface area contributed by atoms with Crippen molar-refractivity contribution in [1.29, 1.82) is 0 Å². The Kier molecular flexibility index (Phi) is 4.15. The zero-order valence-electron chi connectivity index (χ0n) is 11.0. The van der Waals surface area contributed by atoms with Crippen molar-refractivity contribution in [3.05, 3.63) is 53.6 Å². The molecule has 0 fully saturated rings. The molecule has 0 saturated heterocycles. The molecule has 0 aliphatic rings. The van der Waals surface area contributed by atoms with Gasteiger partial charge in [-0.1, -0.05) is 19.1 Å². The van der Waals surface area contributed by atoms with Gasteiger partial charge in [0.1, 0.15) is 17.4 Å².